The standard InChI is InChI=1S/C24H26FN3O4S/c1-17-15-20(10-11-21(17)25)33(30,31)27-19-8-6-18(7-9-19)24(29)26-16-22(23-5-4-14-32-23)28-12-2-3-13-28/h4-11,14-15,22,27H,2-3,12-13,16H2,1H3,(H,26,29)/t22-/m1/s1. The number of carbonyl (C=O) groups excluding carboxylic acids is 1. The smallest absolute Gasteiger partial charge is 0.261 e. The fourth-order valence-corrected chi connectivity index (χ4v) is 5.07. The first-order chi connectivity index (χ1) is 15.8. The van der Waals surface area contributed by atoms with Gasteiger partial charge in [-0.25, -0.2) is 12.8 Å². The van der Waals surface area contributed by atoms with Crippen LogP contribution in [0.1, 0.15) is 40.6 Å². The van der Waals surface area contributed by atoms with Gasteiger partial charge in [0.2, 0.25) is 0 Å². The molecule has 0 radical (unpaired) electrons. The highest BCUT2D eigenvalue weighted by Crippen LogP contribution is 2.25. The van der Waals surface area contributed by atoms with E-state index in [2.05, 4.69) is 14.9 Å². The molecule has 4 rings (SSSR count). The predicted molar refractivity (Wildman–Crippen MR) is 123 cm³/mol. The number of sulfonamides is 1. The average Bonchev–Trinajstić information content (AvgIpc) is 3.51. The van der Waals surface area contributed by atoms with Crippen molar-refractivity contribution in [2.75, 3.05) is 24.4 Å². The van der Waals surface area contributed by atoms with Crippen LogP contribution in [0, 0.1) is 12.7 Å². The summed E-state index contributed by atoms with van der Waals surface area (Å²) in [5.74, 6) is 0.0932. The highest BCUT2D eigenvalue weighted by atomic mass is 32.2. The van der Waals surface area contributed by atoms with Crippen molar-refractivity contribution in [3.8, 4) is 0 Å². The van der Waals surface area contributed by atoms with E-state index in [-0.39, 0.29) is 22.4 Å². The Kier molecular flexibility index (Phi) is 6.80. The summed E-state index contributed by atoms with van der Waals surface area (Å²) in [6, 6.07) is 13.5. The van der Waals surface area contributed by atoms with Crippen molar-refractivity contribution in [3.05, 3.63) is 83.6 Å². The Balaban J connectivity index is 1.40. The van der Waals surface area contributed by atoms with Gasteiger partial charge in [0, 0.05) is 17.8 Å². The topological polar surface area (TPSA) is 91.6 Å². The van der Waals surface area contributed by atoms with Gasteiger partial charge in [0.1, 0.15) is 11.6 Å². The molecule has 0 spiro atoms. The summed E-state index contributed by atoms with van der Waals surface area (Å²) in [5.41, 5.74) is 0.959. The lowest BCUT2D eigenvalue weighted by molar-refractivity contribution is 0.0934. The molecule has 3 aromatic rings. The Labute approximate surface area is 192 Å². The van der Waals surface area contributed by atoms with Crippen molar-refractivity contribution in [2.24, 2.45) is 0 Å². The maximum absolute atomic E-state index is 13.5. The number of hydrogen-bond acceptors (Lipinski definition) is 5. The van der Waals surface area contributed by atoms with E-state index in [1.807, 2.05) is 12.1 Å². The molecule has 1 atom stereocenters. The van der Waals surface area contributed by atoms with Gasteiger partial charge in [-0.15, -0.1) is 0 Å². The molecule has 1 aliphatic heterocycles. The molecular formula is C24H26FN3O4S. The van der Waals surface area contributed by atoms with Crippen molar-refractivity contribution < 1.29 is 22.0 Å². The number of benzene rings is 2. The van der Waals surface area contributed by atoms with E-state index >= 15 is 0 Å². The van der Waals surface area contributed by atoms with Gasteiger partial charge in [0.05, 0.1) is 17.2 Å². The van der Waals surface area contributed by atoms with Crippen LogP contribution in [0.4, 0.5) is 10.1 Å². The zero-order valence-corrected chi connectivity index (χ0v) is 19.1. The number of aryl methyl sites for hydroxylation is 1. The molecule has 33 heavy (non-hydrogen) atoms. The van der Waals surface area contributed by atoms with Crippen molar-refractivity contribution in [2.45, 2.75) is 30.7 Å². The van der Waals surface area contributed by atoms with Gasteiger partial charge in [0.25, 0.3) is 15.9 Å². The van der Waals surface area contributed by atoms with Crippen LogP contribution in [0.2, 0.25) is 0 Å². The highest BCUT2D eigenvalue weighted by molar-refractivity contribution is 7.92. The molecule has 2 aromatic carbocycles. The molecule has 0 bridgehead atoms. The molecule has 0 unspecified atom stereocenters. The van der Waals surface area contributed by atoms with Crippen LogP contribution in [0.25, 0.3) is 0 Å². The fraction of sp³-hybridized carbons (Fsp3) is 0.292. The van der Waals surface area contributed by atoms with E-state index in [4.69, 9.17) is 4.42 Å². The van der Waals surface area contributed by atoms with Crippen LogP contribution in [0.3, 0.4) is 0 Å². The van der Waals surface area contributed by atoms with E-state index in [0.29, 0.717) is 17.8 Å². The van der Waals surface area contributed by atoms with Gasteiger partial charge in [-0.05, 0) is 93.0 Å². The molecule has 1 amide bonds. The van der Waals surface area contributed by atoms with Gasteiger partial charge < -0.3 is 9.73 Å². The number of furan rings is 1. The first-order valence-electron chi connectivity index (χ1n) is 10.8. The Morgan fingerprint density at radius 1 is 1.12 bits per heavy atom. The minimum atomic E-state index is -3.87. The number of carbonyl (C=O) groups is 1. The zero-order valence-electron chi connectivity index (χ0n) is 18.3. The molecule has 1 aromatic heterocycles. The van der Waals surface area contributed by atoms with E-state index in [0.717, 1.165) is 37.8 Å². The maximum atomic E-state index is 13.5. The lowest BCUT2D eigenvalue weighted by Crippen LogP contribution is -2.36. The van der Waals surface area contributed by atoms with Crippen molar-refractivity contribution in [3.63, 3.8) is 0 Å². The normalized spacial score (nSPS) is 15.3. The SMILES string of the molecule is Cc1cc(S(=O)(=O)Nc2ccc(C(=O)NC[C@H](c3ccco3)N3CCCC3)cc2)ccc1F. The molecule has 9 heteroatoms. The number of nitrogens with zero attached hydrogens (tertiary/aromatic N) is 1. The second kappa shape index (κ2) is 9.76. The van der Waals surface area contributed by atoms with Crippen LogP contribution in [-0.2, 0) is 10.0 Å². The molecule has 1 saturated heterocycles. The minimum Gasteiger partial charge on any atom is -0.468 e. The second-order valence-electron chi connectivity index (χ2n) is 8.08. The lowest BCUT2D eigenvalue weighted by Gasteiger charge is -2.26. The average molecular weight is 472 g/mol. The van der Waals surface area contributed by atoms with E-state index in [1.54, 1.807) is 18.4 Å². The lowest BCUT2D eigenvalue weighted by atomic mass is 10.1. The number of halogens is 1. The monoisotopic (exact) mass is 471 g/mol. The first kappa shape index (κ1) is 23.0. The summed E-state index contributed by atoms with van der Waals surface area (Å²) >= 11 is 0. The molecule has 1 fully saturated rings. The summed E-state index contributed by atoms with van der Waals surface area (Å²) in [7, 11) is -3.87. The zero-order chi connectivity index (χ0) is 23.4. The molecule has 2 heterocycles. The second-order valence-corrected chi connectivity index (χ2v) is 9.76. The third-order valence-electron chi connectivity index (χ3n) is 5.75. The largest absolute Gasteiger partial charge is 0.468 e. The maximum Gasteiger partial charge on any atom is 0.261 e. The van der Waals surface area contributed by atoms with Gasteiger partial charge in [-0.2, -0.15) is 0 Å². The number of likely N-dealkylation sites (tertiary alicyclic amines) is 1. The number of rotatable bonds is 8. The number of nitrogens with one attached hydrogen (secondary N) is 2. The number of hydrogen-bond donors (Lipinski definition) is 2. The summed E-state index contributed by atoms with van der Waals surface area (Å²) in [5, 5.41) is 2.95. The summed E-state index contributed by atoms with van der Waals surface area (Å²) in [6.45, 7) is 3.83. The third-order valence-corrected chi connectivity index (χ3v) is 7.13. The van der Waals surface area contributed by atoms with Crippen LogP contribution in [0.15, 0.2) is 70.2 Å². The third kappa shape index (κ3) is 5.43. The molecule has 0 aliphatic carbocycles. The van der Waals surface area contributed by atoms with E-state index in [1.165, 1.54) is 31.2 Å². The quantitative estimate of drug-likeness (QED) is 0.516. The molecule has 2 N–H and O–H groups in total. The van der Waals surface area contributed by atoms with E-state index in [9.17, 15) is 17.6 Å². The highest BCUT2D eigenvalue weighted by Gasteiger charge is 2.26. The summed E-state index contributed by atoms with van der Waals surface area (Å²) in [4.78, 5) is 15.0. The van der Waals surface area contributed by atoms with E-state index < -0.39 is 15.8 Å². The van der Waals surface area contributed by atoms with Crippen LogP contribution >= 0.6 is 0 Å². The summed E-state index contributed by atoms with van der Waals surface area (Å²) < 4.78 is 46.6. The number of amides is 1. The fourth-order valence-electron chi connectivity index (χ4n) is 3.92. The van der Waals surface area contributed by atoms with Gasteiger partial charge >= 0.3 is 0 Å². The minimum absolute atomic E-state index is 0.0308. The predicted octanol–water partition coefficient (Wildman–Crippen LogP) is 4.09. The molecule has 174 valence electrons. The molecule has 1 aliphatic rings. The van der Waals surface area contributed by atoms with Crippen LogP contribution in [-0.4, -0.2) is 38.9 Å². The van der Waals surface area contributed by atoms with Crippen molar-refractivity contribution >= 4 is 21.6 Å². The molecular weight excluding hydrogens is 445 g/mol. The van der Waals surface area contributed by atoms with Crippen LogP contribution < -0.4 is 10.0 Å². The van der Waals surface area contributed by atoms with Crippen molar-refractivity contribution in [1.29, 1.82) is 0 Å². The van der Waals surface area contributed by atoms with Crippen molar-refractivity contribution in [1.82, 2.24) is 10.2 Å². The van der Waals surface area contributed by atoms with Crippen LogP contribution in [0.5, 0.6) is 0 Å². The molecule has 7 nitrogen and oxygen atoms in total. The summed E-state index contributed by atoms with van der Waals surface area (Å²) in [6.07, 6.45) is 3.88. The molecule has 0 saturated carbocycles. The Hall–Kier alpha value is -3.17. The van der Waals surface area contributed by atoms with Gasteiger partial charge in [0.15, 0.2) is 0 Å². The van der Waals surface area contributed by atoms with Gasteiger partial charge in [-0.1, -0.05) is 0 Å². The van der Waals surface area contributed by atoms with Gasteiger partial charge in [-0.3, -0.25) is 14.4 Å². The first-order valence-corrected chi connectivity index (χ1v) is 12.3. The Bertz CT molecular complexity index is 1210. The Morgan fingerprint density at radius 2 is 1.85 bits per heavy atom. The number of anilines is 1. The Morgan fingerprint density at radius 3 is 2.48 bits per heavy atom.